The molecule has 0 spiro atoms. The Kier molecular flexibility index (Phi) is 6.37. The molecule has 0 aromatic rings. The highest BCUT2D eigenvalue weighted by molar-refractivity contribution is 5.86. The summed E-state index contributed by atoms with van der Waals surface area (Å²) >= 11 is 0. The largest absolute Gasteiger partial charge is 0.458 e. The van der Waals surface area contributed by atoms with Crippen molar-refractivity contribution in [3.05, 3.63) is 0 Å². The van der Waals surface area contributed by atoms with Gasteiger partial charge in [-0.05, 0) is 20.8 Å². The average Bonchev–Trinajstić information content (AvgIpc) is 2.14. The Bertz CT molecular complexity index is 290. The molecule has 0 saturated heterocycles. The molecule has 0 atom stereocenters. The van der Waals surface area contributed by atoms with Crippen LogP contribution in [0.5, 0.6) is 0 Å². The Balaban J connectivity index is 3.74. The molecule has 0 bridgehead atoms. The number of hydrogen-bond acceptors (Lipinski definition) is 7. The summed E-state index contributed by atoms with van der Waals surface area (Å²) in [6.07, 6.45) is 0. The van der Waals surface area contributed by atoms with Crippen molar-refractivity contribution in [1.82, 2.24) is 0 Å². The summed E-state index contributed by atoms with van der Waals surface area (Å²) in [7, 11) is 0. The molecule has 0 rings (SSSR count). The second kappa shape index (κ2) is 6.97. The highest BCUT2D eigenvalue weighted by Crippen LogP contribution is 2.06. The van der Waals surface area contributed by atoms with Crippen molar-refractivity contribution in [3.8, 4) is 0 Å². The zero-order valence-corrected chi connectivity index (χ0v) is 10.0. The SMILES string of the molecule is CC(C)(C)OC(=O)COCC(=O)OC(=O)CO. The smallest absolute Gasteiger partial charge is 0.339 e. The van der Waals surface area contributed by atoms with Gasteiger partial charge in [0.05, 0.1) is 0 Å². The van der Waals surface area contributed by atoms with Crippen molar-refractivity contribution in [2.45, 2.75) is 26.4 Å². The lowest BCUT2D eigenvalue weighted by Gasteiger charge is -2.19. The van der Waals surface area contributed by atoms with E-state index >= 15 is 0 Å². The highest BCUT2D eigenvalue weighted by atomic mass is 16.6. The third-order valence-corrected chi connectivity index (χ3v) is 1.22. The van der Waals surface area contributed by atoms with E-state index in [-0.39, 0.29) is 0 Å². The molecule has 0 heterocycles. The minimum Gasteiger partial charge on any atom is -0.458 e. The first-order valence-corrected chi connectivity index (χ1v) is 4.88. The molecule has 0 unspecified atom stereocenters. The van der Waals surface area contributed by atoms with Crippen molar-refractivity contribution in [2.75, 3.05) is 19.8 Å². The van der Waals surface area contributed by atoms with Crippen LogP contribution in [-0.4, -0.2) is 48.4 Å². The second-order valence-electron chi connectivity index (χ2n) is 4.08. The van der Waals surface area contributed by atoms with Gasteiger partial charge in [-0.15, -0.1) is 0 Å². The van der Waals surface area contributed by atoms with Crippen molar-refractivity contribution in [2.24, 2.45) is 0 Å². The monoisotopic (exact) mass is 248 g/mol. The first kappa shape index (κ1) is 15.5. The summed E-state index contributed by atoms with van der Waals surface area (Å²) in [5, 5.41) is 8.28. The van der Waals surface area contributed by atoms with Crippen LogP contribution in [0.4, 0.5) is 0 Å². The van der Waals surface area contributed by atoms with E-state index < -0.39 is 43.3 Å². The molecule has 0 fully saturated rings. The van der Waals surface area contributed by atoms with Gasteiger partial charge in [-0.1, -0.05) is 0 Å². The summed E-state index contributed by atoms with van der Waals surface area (Å²) in [6.45, 7) is 3.21. The van der Waals surface area contributed by atoms with Gasteiger partial charge in [-0.3, -0.25) is 0 Å². The molecule has 0 saturated carbocycles. The minimum absolute atomic E-state index is 0.417. The number of hydrogen-bond donors (Lipinski definition) is 1. The molecule has 0 aromatic carbocycles. The first-order chi connectivity index (χ1) is 7.74. The Morgan fingerprint density at radius 3 is 2.00 bits per heavy atom. The zero-order chi connectivity index (χ0) is 13.5. The fraction of sp³-hybridized carbons (Fsp3) is 0.700. The quantitative estimate of drug-likeness (QED) is 0.512. The number of esters is 3. The number of ether oxygens (including phenoxy) is 3. The molecule has 7 heteroatoms. The van der Waals surface area contributed by atoms with Gasteiger partial charge in [0.15, 0.2) is 0 Å². The van der Waals surface area contributed by atoms with Gasteiger partial charge in [0.25, 0.3) is 0 Å². The van der Waals surface area contributed by atoms with E-state index in [1.165, 1.54) is 0 Å². The molecule has 0 aliphatic carbocycles. The van der Waals surface area contributed by atoms with Crippen LogP contribution in [0.3, 0.4) is 0 Å². The van der Waals surface area contributed by atoms with Gasteiger partial charge in [-0.25, -0.2) is 14.4 Å². The number of aliphatic hydroxyl groups excluding tert-OH is 1. The van der Waals surface area contributed by atoms with Crippen LogP contribution < -0.4 is 0 Å². The van der Waals surface area contributed by atoms with Gasteiger partial charge in [0.2, 0.25) is 0 Å². The second-order valence-corrected chi connectivity index (χ2v) is 4.08. The van der Waals surface area contributed by atoms with Crippen molar-refractivity contribution < 1.29 is 33.7 Å². The van der Waals surface area contributed by atoms with E-state index in [1.807, 2.05) is 0 Å². The molecular weight excluding hydrogens is 232 g/mol. The zero-order valence-electron chi connectivity index (χ0n) is 10.0. The van der Waals surface area contributed by atoms with Crippen LogP contribution >= 0.6 is 0 Å². The van der Waals surface area contributed by atoms with Gasteiger partial charge in [0.1, 0.15) is 25.4 Å². The van der Waals surface area contributed by atoms with Gasteiger partial charge in [-0.2, -0.15) is 0 Å². The van der Waals surface area contributed by atoms with E-state index in [2.05, 4.69) is 9.47 Å². The summed E-state index contributed by atoms with van der Waals surface area (Å²) in [4.78, 5) is 32.4. The van der Waals surface area contributed by atoms with Gasteiger partial charge in [0, 0.05) is 0 Å². The average molecular weight is 248 g/mol. The third-order valence-electron chi connectivity index (χ3n) is 1.22. The van der Waals surface area contributed by atoms with E-state index in [0.29, 0.717) is 0 Å². The molecule has 0 aliphatic heterocycles. The molecule has 7 nitrogen and oxygen atoms in total. The number of carbonyl (C=O) groups excluding carboxylic acids is 3. The molecule has 17 heavy (non-hydrogen) atoms. The Morgan fingerprint density at radius 1 is 1.00 bits per heavy atom. The molecule has 98 valence electrons. The Morgan fingerprint density at radius 2 is 1.53 bits per heavy atom. The van der Waals surface area contributed by atoms with Crippen LogP contribution in [0, 0.1) is 0 Å². The van der Waals surface area contributed by atoms with Crippen LogP contribution in [-0.2, 0) is 28.6 Å². The normalized spacial score (nSPS) is 10.8. The van der Waals surface area contributed by atoms with E-state index in [1.54, 1.807) is 20.8 Å². The maximum Gasteiger partial charge on any atom is 0.339 e. The van der Waals surface area contributed by atoms with Crippen LogP contribution in [0.15, 0.2) is 0 Å². The molecular formula is C10H16O7. The predicted molar refractivity (Wildman–Crippen MR) is 54.8 cm³/mol. The van der Waals surface area contributed by atoms with Crippen molar-refractivity contribution >= 4 is 17.9 Å². The summed E-state index contributed by atoms with van der Waals surface area (Å²) in [5.74, 6) is -2.68. The van der Waals surface area contributed by atoms with Gasteiger partial charge >= 0.3 is 17.9 Å². The predicted octanol–water partition coefficient (Wildman–Crippen LogP) is -0.593. The maximum atomic E-state index is 11.1. The summed E-state index contributed by atoms with van der Waals surface area (Å²) in [6, 6.07) is 0. The topological polar surface area (TPSA) is 99.1 Å². The maximum absolute atomic E-state index is 11.1. The minimum atomic E-state index is -1.07. The Labute approximate surface area is 98.6 Å². The lowest BCUT2D eigenvalue weighted by molar-refractivity contribution is -0.167. The van der Waals surface area contributed by atoms with Crippen molar-refractivity contribution in [1.29, 1.82) is 0 Å². The third kappa shape index (κ3) is 9.46. The number of carbonyl (C=O) groups is 3. The van der Waals surface area contributed by atoms with Crippen molar-refractivity contribution in [3.63, 3.8) is 0 Å². The van der Waals surface area contributed by atoms with Crippen LogP contribution in [0.2, 0.25) is 0 Å². The summed E-state index contributed by atoms with van der Waals surface area (Å²) < 4.78 is 13.6. The van der Waals surface area contributed by atoms with E-state index in [4.69, 9.17) is 9.84 Å². The van der Waals surface area contributed by atoms with Crippen LogP contribution in [0.1, 0.15) is 20.8 Å². The fourth-order valence-electron chi connectivity index (χ4n) is 0.777. The molecule has 0 radical (unpaired) electrons. The molecule has 0 aliphatic rings. The van der Waals surface area contributed by atoms with E-state index in [0.717, 1.165) is 0 Å². The van der Waals surface area contributed by atoms with E-state index in [9.17, 15) is 14.4 Å². The number of aliphatic hydroxyl groups is 1. The first-order valence-electron chi connectivity index (χ1n) is 4.88. The number of rotatable bonds is 5. The highest BCUT2D eigenvalue weighted by Gasteiger charge is 2.17. The molecule has 0 aromatic heterocycles. The van der Waals surface area contributed by atoms with Gasteiger partial charge < -0.3 is 19.3 Å². The lowest BCUT2D eigenvalue weighted by Crippen LogP contribution is -2.28. The summed E-state index contributed by atoms with van der Waals surface area (Å²) in [5.41, 5.74) is -0.631. The lowest BCUT2D eigenvalue weighted by atomic mass is 10.2. The Hall–Kier alpha value is -1.47. The standard InChI is InChI=1S/C10H16O7/c1-10(2,3)17-9(14)6-15-5-8(13)16-7(12)4-11/h11H,4-6H2,1-3H3. The molecule has 0 amide bonds. The molecule has 1 N–H and O–H groups in total. The van der Waals surface area contributed by atoms with Crippen LogP contribution in [0.25, 0.3) is 0 Å². The fourth-order valence-corrected chi connectivity index (χ4v) is 0.777.